The van der Waals surface area contributed by atoms with E-state index >= 15 is 0 Å². The first-order chi connectivity index (χ1) is 14.8. The summed E-state index contributed by atoms with van der Waals surface area (Å²) in [4.78, 5) is 32.2. The number of halogens is 4. The zero-order valence-corrected chi connectivity index (χ0v) is 20.6. The summed E-state index contributed by atoms with van der Waals surface area (Å²) in [6.07, 6.45) is 1.43. The van der Waals surface area contributed by atoms with Gasteiger partial charge in [0.15, 0.2) is 11.6 Å². The SMILES string of the molecule is CCN(CC)C(=O)c1cc(Cl)cc(Cl)c1CC(=O)c1cc(Br)nn1-c1ncccc1Cl. The maximum atomic E-state index is 13.3. The van der Waals surface area contributed by atoms with Crippen molar-refractivity contribution in [2.24, 2.45) is 0 Å². The van der Waals surface area contributed by atoms with Gasteiger partial charge in [-0.3, -0.25) is 9.59 Å². The first-order valence-electron chi connectivity index (χ1n) is 9.43. The van der Waals surface area contributed by atoms with E-state index in [0.717, 1.165) is 0 Å². The van der Waals surface area contributed by atoms with Gasteiger partial charge >= 0.3 is 0 Å². The Kier molecular flexibility index (Phi) is 7.75. The smallest absolute Gasteiger partial charge is 0.254 e. The van der Waals surface area contributed by atoms with Crippen LogP contribution >= 0.6 is 50.7 Å². The number of pyridine rings is 1. The predicted molar refractivity (Wildman–Crippen MR) is 126 cm³/mol. The van der Waals surface area contributed by atoms with Gasteiger partial charge in [0.1, 0.15) is 10.3 Å². The number of amides is 1. The second-order valence-electron chi connectivity index (χ2n) is 6.56. The van der Waals surface area contributed by atoms with Gasteiger partial charge in [0.05, 0.1) is 5.02 Å². The lowest BCUT2D eigenvalue weighted by Gasteiger charge is -2.21. The molecule has 3 aromatic rings. The number of aromatic nitrogens is 3. The normalized spacial score (nSPS) is 10.9. The summed E-state index contributed by atoms with van der Waals surface area (Å²) in [5, 5.41) is 5.20. The van der Waals surface area contributed by atoms with Crippen molar-refractivity contribution in [2.75, 3.05) is 13.1 Å². The molecule has 0 aliphatic rings. The van der Waals surface area contributed by atoms with Crippen LogP contribution in [0.15, 0.2) is 41.1 Å². The number of ketones is 1. The molecule has 2 aromatic heterocycles. The minimum Gasteiger partial charge on any atom is -0.339 e. The molecule has 162 valence electrons. The monoisotopic (exact) mass is 542 g/mol. The van der Waals surface area contributed by atoms with Crippen molar-refractivity contribution in [1.82, 2.24) is 19.7 Å². The summed E-state index contributed by atoms with van der Waals surface area (Å²) in [7, 11) is 0. The van der Waals surface area contributed by atoms with Crippen molar-refractivity contribution >= 4 is 62.4 Å². The molecule has 3 rings (SSSR count). The summed E-state index contributed by atoms with van der Waals surface area (Å²) in [5.41, 5.74) is 0.958. The molecular weight excluding hydrogens is 527 g/mol. The lowest BCUT2D eigenvalue weighted by Crippen LogP contribution is -2.31. The summed E-state index contributed by atoms with van der Waals surface area (Å²) in [6, 6.07) is 7.98. The molecule has 6 nitrogen and oxygen atoms in total. The van der Waals surface area contributed by atoms with Gasteiger partial charge in [0, 0.05) is 47.4 Å². The quantitative estimate of drug-likeness (QED) is 0.348. The fraction of sp³-hybridized carbons (Fsp3) is 0.238. The van der Waals surface area contributed by atoms with E-state index in [-0.39, 0.29) is 28.8 Å². The van der Waals surface area contributed by atoms with Crippen molar-refractivity contribution in [3.63, 3.8) is 0 Å². The van der Waals surface area contributed by atoms with Crippen LogP contribution in [0.1, 0.15) is 40.3 Å². The molecule has 0 radical (unpaired) electrons. The molecule has 1 aromatic carbocycles. The molecule has 0 N–H and O–H groups in total. The highest BCUT2D eigenvalue weighted by molar-refractivity contribution is 9.10. The zero-order chi connectivity index (χ0) is 22.7. The van der Waals surface area contributed by atoms with Crippen LogP contribution in [-0.2, 0) is 6.42 Å². The van der Waals surface area contributed by atoms with Gasteiger partial charge in [-0.05, 0) is 59.6 Å². The van der Waals surface area contributed by atoms with Gasteiger partial charge in [-0.15, -0.1) is 0 Å². The van der Waals surface area contributed by atoms with Gasteiger partial charge < -0.3 is 4.90 Å². The first-order valence-corrected chi connectivity index (χ1v) is 11.4. The van der Waals surface area contributed by atoms with Gasteiger partial charge in [0.2, 0.25) is 0 Å². The van der Waals surface area contributed by atoms with Crippen LogP contribution in [0.25, 0.3) is 5.82 Å². The Morgan fingerprint density at radius 3 is 2.45 bits per heavy atom. The van der Waals surface area contributed by atoms with Crippen molar-refractivity contribution in [2.45, 2.75) is 20.3 Å². The van der Waals surface area contributed by atoms with Crippen molar-refractivity contribution < 1.29 is 9.59 Å². The highest BCUT2D eigenvalue weighted by Gasteiger charge is 2.24. The van der Waals surface area contributed by atoms with E-state index < -0.39 is 0 Å². The summed E-state index contributed by atoms with van der Waals surface area (Å²) >= 11 is 22.1. The van der Waals surface area contributed by atoms with Crippen LogP contribution in [0.4, 0.5) is 0 Å². The molecule has 0 bridgehead atoms. The number of carbonyl (C=O) groups is 2. The predicted octanol–water partition coefficient (Wildman–Crippen LogP) is 5.90. The second-order valence-corrected chi connectivity index (χ2v) is 8.63. The van der Waals surface area contributed by atoms with Crippen molar-refractivity contribution in [3.8, 4) is 5.82 Å². The van der Waals surface area contributed by atoms with Gasteiger partial charge in [-0.25, -0.2) is 9.67 Å². The third-order valence-corrected chi connectivity index (χ3v) is 5.92. The number of rotatable bonds is 7. The average Bonchev–Trinajstić information content (AvgIpc) is 3.12. The Balaban J connectivity index is 2.04. The maximum absolute atomic E-state index is 13.3. The molecule has 0 fully saturated rings. The summed E-state index contributed by atoms with van der Waals surface area (Å²) in [5.74, 6) is -0.225. The Hall–Kier alpha value is -1.93. The van der Waals surface area contributed by atoms with Crippen LogP contribution in [0.5, 0.6) is 0 Å². The van der Waals surface area contributed by atoms with E-state index in [1.807, 2.05) is 13.8 Å². The molecule has 0 saturated carbocycles. The van der Waals surface area contributed by atoms with E-state index in [9.17, 15) is 9.59 Å². The molecule has 1 amide bonds. The molecule has 2 heterocycles. The Morgan fingerprint density at radius 1 is 1.10 bits per heavy atom. The Bertz CT molecular complexity index is 1150. The van der Waals surface area contributed by atoms with Crippen LogP contribution in [-0.4, -0.2) is 44.4 Å². The number of hydrogen-bond acceptors (Lipinski definition) is 4. The maximum Gasteiger partial charge on any atom is 0.254 e. The largest absolute Gasteiger partial charge is 0.339 e. The summed E-state index contributed by atoms with van der Waals surface area (Å²) < 4.78 is 1.81. The second kappa shape index (κ2) is 10.1. The molecule has 0 aliphatic heterocycles. The minimum atomic E-state index is -0.308. The molecule has 0 atom stereocenters. The van der Waals surface area contributed by atoms with Gasteiger partial charge in [0.25, 0.3) is 5.91 Å². The van der Waals surface area contributed by atoms with Crippen LogP contribution in [0.2, 0.25) is 15.1 Å². The lowest BCUT2D eigenvalue weighted by molar-refractivity contribution is 0.0772. The van der Waals surface area contributed by atoms with E-state index in [0.29, 0.717) is 44.7 Å². The van der Waals surface area contributed by atoms with Crippen LogP contribution < -0.4 is 0 Å². The highest BCUT2D eigenvalue weighted by atomic mass is 79.9. The van der Waals surface area contributed by atoms with Crippen molar-refractivity contribution in [1.29, 1.82) is 0 Å². The van der Waals surface area contributed by atoms with E-state index in [1.54, 1.807) is 35.4 Å². The number of nitrogens with zero attached hydrogens (tertiary/aromatic N) is 4. The Labute approximate surface area is 203 Å². The molecule has 0 aliphatic carbocycles. The fourth-order valence-electron chi connectivity index (χ4n) is 3.15. The molecule has 0 spiro atoms. The number of hydrogen-bond donors (Lipinski definition) is 0. The van der Waals surface area contributed by atoms with E-state index in [1.165, 1.54) is 10.7 Å². The average molecular weight is 545 g/mol. The summed E-state index contributed by atoms with van der Waals surface area (Å²) in [6.45, 7) is 4.80. The van der Waals surface area contributed by atoms with Crippen LogP contribution in [0.3, 0.4) is 0 Å². The van der Waals surface area contributed by atoms with Crippen LogP contribution in [0, 0.1) is 0 Å². The molecular formula is C21H18BrCl3N4O2. The third-order valence-electron chi connectivity index (χ3n) is 4.68. The number of Topliss-reactive ketones (excluding diaryl/α,β-unsaturated/α-hetero) is 1. The fourth-order valence-corrected chi connectivity index (χ4v) is 4.29. The topological polar surface area (TPSA) is 68.1 Å². The minimum absolute atomic E-state index is 0.124. The van der Waals surface area contributed by atoms with Gasteiger partial charge in [-0.1, -0.05) is 34.8 Å². The first kappa shape index (κ1) is 23.7. The zero-order valence-electron chi connectivity index (χ0n) is 16.7. The van der Waals surface area contributed by atoms with E-state index in [4.69, 9.17) is 34.8 Å². The highest BCUT2D eigenvalue weighted by Crippen LogP contribution is 2.29. The molecule has 31 heavy (non-hydrogen) atoms. The number of carbonyl (C=O) groups excluding carboxylic acids is 2. The molecule has 0 saturated heterocycles. The van der Waals surface area contributed by atoms with Gasteiger partial charge in [-0.2, -0.15) is 5.10 Å². The van der Waals surface area contributed by atoms with Crippen molar-refractivity contribution in [3.05, 3.63) is 73.0 Å². The lowest BCUT2D eigenvalue weighted by atomic mass is 9.99. The number of benzene rings is 1. The molecule has 10 heteroatoms. The van der Waals surface area contributed by atoms with E-state index in [2.05, 4.69) is 26.0 Å². The standard InChI is InChI=1S/C21H18BrCl3N4O2/c1-3-28(4-2)21(31)14-8-12(23)9-16(25)13(14)10-18(30)17-11-19(22)27-29(17)20-15(24)6-5-7-26-20/h5-9,11H,3-4,10H2,1-2H3. The molecule has 0 unspecified atom stereocenters. The third kappa shape index (κ3) is 5.12. The Morgan fingerprint density at radius 2 is 1.81 bits per heavy atom.